The molecule has 0 saturated carbocycles. The molecule has 1 heterocycles. The molecule has 0 amide bonds. The highest BCUT2D eigenvalue weighted by Gasteiger charge is 2.04. The topological polar surface area (TPSA) is 37.3 Å². The van der Waals surface area contributed by atoms with Gasteiger partial charge in [-0.2, -0.15) is 5.10 Å². The van der Waals surface area contributed by atoms with Crippen molar-refractivity contribution in [2.45, 2.75) is 27.2 Å². The van der Waals surface area contributed by atoms with Gasteiger partial charge in [-0.05, 0) is 25.3 Å². The third kappa shape index (κ3) is 3.65. The van der Waals surface area contributed by atoms with E-state index in [4.69, 9.17) is 23.2 Å². The maximum atomic E-state index is 5.95. The van der Waals surface area contributed by atoms with Crippen molar-refractivity contribution in [2.75, 3.05) is 5.43 Å². The first-order chi connectivity index (χ1) is 7.54. The van der Waals surface area contributed by atoms with Crippen molar-refractivity contribution in [3.8, 4) is 0 Å². The van der Waals surface area contributed by atoms with Crippen LogP contribution in [0.4, 0.5) is 5.82 Å². The van der Waals surface area contributed by atoms with Crippen LogP contribution in [0.25, 0.3) is 0 Å². The number of aromatic nitrogens is 1. The fraction of sp³-hybridized carbons (Fsp3) is 0.455. The van der Waals surface area contributed by atoms with Crippen molar-refractivity contribution >= 4 is 34.7 Å². The Morgan fingerprint density at radius 3 is 2.81 bits per heavy atom. The molecule has 0 unspecified atom stereocenters. The fourth-order valence-corrected chi connectivity index (χ4v) is 1.47. The molecule has 0 fully saturated rings. The number of halogens is 2. The minimum absolute atomic E-state index is 0.443. The number of hydrazone groups is 1. The van der Waals surface area contributed by atoms with E-state index in [1.54, 1.807) is 6.07 Å². The van der Waals surface area contributed by atoms with Crippen LogP contribution in [0.3, 0.4) is 0 Å². The van der Waals surface area contributed by atoms with Crippen LogP contribution in [0.15, 0.2) is 17.4 Å². The van der Waals surface area contributed by atoms with Gasteiger partial charge in [0.25, 0.3) is 0 Å². The van der Waals surface area contributed by atoms with E-state index in [1.165, 1.54) is 6.20 Å². The van der Waals surface area contributed by atoms with Crippen molar-refractivity contribution < 1.29 is 0 Å². The van der Waals surface area contributed by atoms with Gasteiger partial charge in [-0.25, -0.2) is 4.98 Å². The van der Waals surface area contributed by atoms with Crippen LogP contribution in [0, 0.1) is 5.92 Å². The summed E-state index contributed by atoms with van der Waals surface area (Å²) in [5, 5.41) is 5.21. The molecule has 1 aromatic rings. The molecule has 5 heteroatoms. The lowest BCUT2D eigenvalue weighted by Gasteiger charge is -2.08. The average molecular weight is 260 g/mol. The number of pyridine rings is 1. The number of nitrogens with one attached hydrogen (secondary N) is 1. The predicted molar refractivity (Wildman–Crippen MR) is 70.4 cm³/mol. The molecule has 0 saturated heterocycles. The maximum Gasteiger partial charge on any atom is 0.165 e. The summed E-state index contributed by atoms with van der Waals surface area (Å²) in [5.41, 5.74) is 3.86. The molecule has 1 rings (SSSR count). The molecular formula is C11H15Cl2N3. The molecule has 1 aromatic heterocycles. The van der Waals surface area contributed by atoms with Gasteiger partial charge in [0, 0.05) is 11.9 Å². The number of hydrogen-bond acceptors (Lipinski definition) is 3. The lowest BCUT2D eigenvalue weighted by atomic mass is 10.1. The van der Waals surface area contributed by atoms with Gasteiger partial charge in [0.15, 0.2) is 5.82 Å². The van der Waals surface area contributed by atoms with Gasteiger partial charge in [-0.3, -0.25) is 5.43 Å². The Labute approximate surface area is 106 Å². The predicted octanol–water partition coefficient (Wildman–Crippen LogP) is 4.22. The van der Waals surface area contributed by atoms with Crippen LogP contribution in [-0.4, -0.2) is 10.7 Å². The fourth-order valence-electron chi connectivity index (χ4n) is 1.04. The van der Waals surface area contributed by atoms with E-state index < -0.39 is 0 Å². The zero-order chi connectivity index (χ0) is 12.1. The van der Waals surface area contributed by atoms with E-state index in [-0.39, 0.29) is 0 Å². The van der Waals surface area contributed by atoms with E-state index in [0.29, 0.717) is 21.8 Å². The summed E-state index contributed by atoms with van der Waals surface area (Å²) in [7, 11) is 0. The zero-order valence-corrected chi connectivity index (χ0v) is 11.1. The number of hydrogen-bond donors (Lipinski definition) is 1. The maximum absolute atomic E-state index is 5.95. The lowest BCUT2D eigenvalue weighted by Crippen LogP contribution is -2.08. The SMILES string of the molecule is CC[C@H](C)/C(C)=N\Nc1ncc(Cl)cc1Cl. The van der Waals surface area contributed by atoms with Gasteiger partial charge >= 0.3 is 0 Å². The highest BCUT2D eigenvalue weighted by Crippen LogP contribution is 2.22. The van der Waals surface area contributed by atoms with Crippen LogP contribution < -0.4 is 5.43 Å². The molecule has 16 heavy (non-hydrogen) atoms. The van der Waals surface area contributed by atoms with Crippen molar-refractivity contribution in [3.05, 3.63) is 22.3 Å². The van der Waals surface area contributed by atoms with Gasteiger partial charge in [-0.1, -0.05) is 37.0 Å². The van der Waals surface area contributed by atoms with Gasteiger partial charge < -0.3 is 0 Å². The van der Waals surface area contributed by atoms with Crippen molar-refractivity contribution in [1.29, 1.82) is 0 Å². The summed E-state index contributed by atoms with van der Waals surface area (Å²) in [6.07, 6.45) is 2.59. The second-order valence-electron chi connectivity index (χ2n) is 3.66. The van der Waals surface area contributed by atoms with E-state index in [1.807, 2.05) is 6.92 Å². The van der Waals surface area contributed by atoms with Crippen LogP contribution >= 0.6 is 23.2 Å². The van der Waals surface area contributed by atoms with Crippen LogP contribution in [0.5, 0.6) is 0 Å². The Hall–Kier alpha value is -0.800. The third-order valence-electron chi connectivity index (χ3n) is 2.47. The third-order valence-corrected chi connectivity index (χ3v) is 2.97. The number of rotatable bonds is 4. The molecule has 1 N–H and O–H groups in total. The Balaban J connectivity index is 2.74. The highest BCUT2D eigenvalue weighted by molar-refractivity contribution is 6.35. The van der Waals surface area contributed by atoms with E-state index in [0.717, 1.165) is 12.1 Å². The average Bonchev–Trinajstić information content (AvgIpc) is 2.26. The van der Waals surface area contributed by atoms with Crippen LogP contribution in [-0.2, 0) is 0 Å². The standard InChI is InChI=1S/C11H15Cl2N3/c1-4-7(2)8(3)15-16-11-10(13)5-9(12)6-14-11/h5-7H,4H2,1-3H3,(H,14,16)/b15-8-/t7-/m0/s1. The molecule has 0 aromatic carbocycles. The summed E-state index contributed by atoms with van der Waals surface area (Å²) in [6, 6.07) is 1.63. The van der Waals surface area contributed by atoms with Gasteiger partial charge in [0.2, 0.25) is 0 Å². The first-order valence-electron chi connectivity index (χ1n) is 5.15. The molecule has 0 aliphatic heterocycles. The molecule has 3 nitrogen and oxygen atoms in total. The Bertz CT molecular complexity index is 391. The van der Waals surface area contributed by atoms with E-state index in [9.17, 15) is 0 Å². The first kappa shape index (κ1) is 13.3. The Morgan fingerprint density at radius 2 is 2.25 bits per heavy atom. The quantitative estimate of drug-likeness (QED) is 0.650. The molecule has 0 aliphatic carbocycles. The molecule has 88 valence electrons. The Morgan fingerprint density at radius 1 is 1.56 bits per heavy atom. The first-order valence-corrected chi connectivity index (χ1v) is 5.91. The smallest absolute Gasteiger partial charge is 0.165 e. The molecule has 0 aliphatic rings. The van der Waals surface area contributed by atoms with Gasteiger partial charge in [0.05, 0.1) is 10.0 Å². The minimum atomic E-state index is 0.443. The van der Waals surface area contributed by atoms with Crippen LogP contribution in [0.2, 0.25) is 10.0 Å². The van der Waals surface area contributed by atoms with E-state index >= 15 is 0 Å². The van der Waals surface area contributed by atoms with Crippen molar-refractivity contribution in [1.82, 2.24) is 4.98 Å². The lowest BCUT2D eigenvalue weighted by molar-refractivity contribution is 0.734. The Kier molecular flexibility index (Phi) is 5.03. The van der Waals surface area contributed by atoms with Gasteiger partial charge in [-0.15, -0.1) is 0 Å². The molecule has 0 radical (unpaired) electrons. The normalized spacial score (nSPS) is 13.7. The second kappa shape index (κ2) is 6.06. The summed E-state index contributed by atoms with van der Waals surface area (Å²) in [5.74, 6) is 0.965. The second-order valence-corrected chi connectivity index (χ2v) is 4.50. The molecule has 1 atom stereocenters. The molecule has 0 bridgehead atoms. The monoisotopic (exact) mass is 259 g/mol. The minimum Gasteiger partial charge on any atom is -0.260 e. The zero-order valence-electron chi connectivity index (χ0n) is 9.59. The summed E-state index contributed by atoms with van der Waals surface area (Å²) >= 11 is 11.7. The van der Waals surface area contributed by atoms with Crippen molar-refractivity contribution in [2.24, 2.45) is 11.0 Å². The van der Waals surface area contributed by atoms with Crippen LogP contribution in [0.1, 0.15) is 27.2 Å². The number of nitrogens with zero attached hydrogens (tertiary/aromatic N) is 2. The highest BCUT2D eigenvalue weighted by atomic mass is 35.5. The molecular weight excluding hydrogens is 245 g/mol. The largest absolute Gasteiger partial charge is 0.260 e. The van der Waals surface area contributed by atoms with Gasteiger partial charge in [0.1, 0.15) is 0 Å². The number of anilines is 1. The summed E-state index contributed by atoms with van der Waals surface area (Å²) in [6.45, 7) is 6.22. The summed E-state index contributed by atoms with van der Waals surface area (Å²) < 4.78 is 0. The molecule has 0 spiro atoms. The van der Waals surface area contributed by atoms with E-state index in [2.05, 4.69) is 29.4 Å². The van der Waals surface area contributed by atoms with Crippen molar-refractivity contribution in [3.63, 3.8) is 0 Å². The summed E-state index contributed by atoms with van der Waals surface area (Å²) in [4.78, 5) is 4.05.